The van der Waals surface area contributed by atoms with Crippen molar-refractivity contribution >= 4 is 29.2 Å². The number of amides is 1. The van der Waals surface area contributed by atoms with Gasteiger partial charge in [0.2, 0.25) is 11.8 Å². The summed E-state index contributed by atoms with van der Waals surface area (Å²) in [7, 11) is 0. The van der Waals surface area contributed by atoms with Gasteiger partial charge in [0.25, 0.3) is 5.91 Å². The van der Waals surface area contributed by atoms with E-state index in [1.165, 1.54) is 12.8 Å². The van der Waals surface area contributed by atoms with Crippen molar-refractivity contribution < 1.29 is 14.7 Å². The first kappa shape index (κ1) is 24.5. The van der Waals surface area contributed by atoms with E-state index in [9.17, 15) is 14.7 Å². The molecule has 1 aromatic carbocycles. The Morgan fingerprint density at radius 2 is 1.94 bits per heavy atom. The third-order valence-corrected chi connectivity index (χ3v) is 6.33. The fourth-order valence-electron chi connectivity index (χ4n) is 4.53. The molecule has 9 heteroatoms. The number of nitrogens with zero attached hydrogens (tertiary/aromatic N) is 3. The van der Waals surface area contributed by atoms with E-state index in [0.29, 0.717) is 12.0 Å². The molecule has 1 aliphatic rings. The SMILES string of the molecule is CC(C)CN(c1ccc([C@H](C)CC(=O)O)cc1Nc1n[nH]c(C(N)=O)n1)C1CCC(C)CC1. The number of aliphatic carboxylic acids is 1. The molecule has 0 bridgehead atoms. The number of benzene rings is 1. The minimum atomic E-state index is -0.834. The molecule has 1 aromatic heterocycles. The molecular weight excluding hydrogens is 420 g/mol. The molecule has 1 heterocycles. The third kappa shape index (κ3) is 6.46. The molecule has 1 aliphatic carbocycles. The minimum Gasteiger partial charge on any atom is -0.481 e. The van der Waals surface area contributed by atoms with Crippen molar-refractivity contribution in [2.45, 2.75) is 71.8 Å². The summed E-state index contributed by atoms with van der Waals surface area (Å²) in [5, 5.41) is 19.1. The van der Waals surface area contributed by atoms with Crippen molar-refractivity contribution in [3.05, 3.63) is 29.6 Å². The van der Waals surface area contributed by atoms with E-state index in [-0.39, 0.29) is 24.1 Å². The van der Waals surface area contributed by atoms with Gasteiger partial charge in [0.05, 0.1) is 17.8 Å². The number of carbonyl (C=O) groups excluding carboxylic acids is 1. The van der Waals surface area contributed by atoms with Crippen molar-refractivity contribution in [2.75, 3.05) is 16.8 Å². The Morgan fingerprint density at radius 3 is 2.52 bits per heavy atom. The molecule has 0 spiro atoms. The molecule has 1 atom stereocenters. The quantitative estimate of drug-likeness (QED) is 0.419. The Kier molecular flexibility index (Phi) is 7.94. The van der Waals surface area contributed by atoms with Crippen molar-refractivity contribution in [2.24, 2.45) is 17.6 Å². The number of carboxylic acids is 1. The fraction of sp³-hybridized carbons (Fsp3) is 0.583. The summed E-state index contributed by atoms with van der Waals surface area (Å²) in [6.45, 7) is 9.54. The summed E-state index contributed by atoms with van der Waals surface area (Å²) >= 11 is 0. The highest BCUT2D eigenvalue weighted by Crippen LogP contribution is 2.37. The van der Waals surface area contributed by atoms with Crippen LogP contribution in [0.3, 0.4) is 0 Å². The van der Waals surface area contributed by atoms with Crippen LogP contribution >= 0.6 is 0 Å². The first-order valence-corrected chi connectivity index (χ1v) is 11.8. The number of aromatic nitrogens is 3. The monoisotopic (exact) mass is 456 g/mol. The maximum absolute atomic E-state index is 11.4. The molecule has 1 amide bonds. The van der Waals surface area contributed by atoms with Crippen LogP contribution in [-0.2, 0) is 4.79 Å². The molecule has 33 heavy (non-hydrogen) atoms. The molecule has 1 fully saturated rings. The number of anilines is 3. The number of H-pyrrole nitrogens is 1. The third-order valence-electron chi connectivity index (χ3n) is 6.33. The maximum Gasteiger partial charge on any atom is 0.303 e. The zero-order chi connectivity index (χ0) is 24.1. The Labute approximate surface area is 195 Å². The summed E-state index contributed by atoms with van der Waals surface area (Å²) in [4.78, 5) is 29.3. The summed E-state index contributed by atoms with van der Waals surface area (Å²) in [5.41, 5.74) is 8.04. The van der Waals surface area contributed by atoms with Crippen molar-refractivity contribution in [1.82, 2.24) is 15.2 Å². The zero-order valence-electron chi connectivity index (χ0n) is 20.0. The van der Waals surface area contributed by atoms with Crippen molar-refractivity contribution in [3.63, 3.8) is 0 Å². The number of nitrogens with one attached hydrogen (secondary N) is 2. The predicted molar refractivity (Wildman–Crippen MR) is 129 cm³/mol. The van der Waals surface area contributed by atoms with Crippen LogP contribution in [0.15, 0.2) is 18.2 Å². The molecule has 0 unspecified atom stereocenters. The molecule has 180 valence electrons. The maximum atomic E-state index is 11.4. The lowest BCUT2D eigenvalue weighted by Crippen LogP contribution is -2.40. The number of hydrogen-bond donors (Lipinski definition) is 4. The van der Waals surface area contributed by atoms with E-state index in [4.69, 9.17) is 5.73 Å². The number of hydrogen-bond acceptors (Lipinski definition) is 6. The van der Waals surface area contributed by atoms with Crippen LogP contribution in [0.5, 0.6) is 0 Å². The van der Waals surface area contributed by atoms with E-state index in [2.05, 4.69) is 52.2 Å². The predicted octanol–water partition coefficient (Wildman–Crippen LogP) is 4.27. The zero-order valence-corrected chi connectivity index (χ0v) is 20.0. The van der Waals surface area contributed by atoms with Gasteiger partial charge in [0.1, 0.15) is 0 Å². The van der Waals surface area contributed by atoms with Crippen LogP contribution in [0.1, 0.15) is 81.9 Å². The van der Waals surface area contributed by atoms with Gasteiger partial charge in [-0.2, -0.15) is 4.98 Å². The first-order chi connectivity index (χ1) is 15.6. The number of carbonyl (C=O) groups is 2. The van der Waals surface area contributed by atoms with Gasteiger partial charge in [-0.15, -0.1) is 5.10 Å². The average molecular weight is 457 g/mol. The highest BCUT2D eigenvalue weighted by molar-refractivity contribution is 5.89. The summed E-state index contributed by atoms with van der Waals surface area (Å²) in [6, 6.07) is 6.49. The van der Waals surface area contributed by atoms with Crippen LogP contribution < -0.4 is 16.0 Å². The summed E-state index contributed by atoms with van der Waals surface area (Å²) in [6.07, 6.45) is 4.73. The van der Waals surface area contributed by atoms with Gasteiger partial charge in [-0.3, -0.25) is 14.7 Å². The normalized spacial score (nSPS) is 19.3. The van der Waals surface area contributed by atoms with Gasteiger partial charge in [-0.1, -0.05) is 33.8 Å². The summed E-state index contributed by atoms with van der Waals surface area (Å²) < 4.78 is 0. The second-order valence-electron chi connectivity index (χ2n) is 9.73. The number of primary amides is 1. The van der Waals surface area contributed by atoms with Gasteiger partial charge in [0.15, 0.2) is 0 Å². The van der Waals surface area contributed by atoms with Crippen LogP contribution in [0.25, 0.3) is 0 Å². The molecule has 0 saturated heterocycles. The minimum absolute atomic E-state index is 0.0187. The smallest absolute Gasteiger partial charge is 0.303 e. The van der Waals surface area contributed by atoms with Crippen LogP contribution in [0.2, 0.25) is 0 Å². The number of carboxylic acid groups (broad SMARTS) is 1. The van der Waals surface area contributed by atoms with E-state index in [1.54, 1.807) is 0 Å². The van der Waals surface area contributed by atoms with Crippen LogP contribution in [0, 0.1) is 11.8 Å². The Morgan fingerprint density at radius 1 is 1.24 bits per heavy atom. The van der Waals surface area contributed by atoms with E-state index >= 15 is 0 Å². The van der Waals surface area contributed by atoms with Gasteiger partial charge in [-0.05, 0) is 61.1 Å². The van der Waals surface area contributed by atoms with Gasteiger partial charge >= 0.3 is 5.97 Å². The molecule has 0 aliphatic heterocycles. The molecule has 0 radical (unpaired) electrons. The molecular formula is C24H36N6O3. The lowest BCUT2D eigenvalue weighted by atomic mass is 9.86. The van der Waals surface area contributed by atoms with Gasteiger partial charge < -0.3 is 21.1 Å². The number of nitrogens with two attached hydrogens (primary N) is 1. The first-order valence-electron chi connectivity index (χ1n) is 11.8. The van der Waals surface area contributed by atoms with Crippen molar-refractivity contribution in [1.29, 1.82) is 0 Å². The molecule has 3 rings (SSSR count). The van der Waals surface area contributed by atoms with E-state index in [0.717, 1.165) is 42.2 Å². The Bertz CT molecular complexity index is 965. The summed E-state index contributed by atoms with van der Waals surface area (Å²) in [5.74, 6) is -0.229. The van der Waals surface area contributed by atoms with Gasteiger partial charge in [-0.25, -0.2) is 0 Å². The fourth-order valence-corrected chi connectivity index (χ4v) is 4.53. The standard InChI is InChI=1S/C24H36N6O3/c1-14(2)13-30(18-8-5-15(3)6-9-18)20-10-7-17(16(4)11-21(31)32)12-19(20)26-24-27-23(22(25)33)28-29-24/h7,10,12,14-16,18H,5-6,8-9,11,13H2,1-4H3,(H2,25,33)(H,31,32)(H2,26,27,28,29)/t15?,16-,18?/m1/s1. The number of aromatic amines is 1. The highest BCUT2D eigenvalue weighted by atomic mass is 16.4. The molecule has 5 N–H and O–H groups in total. The van der Waals surface area contributed by atoms with E-state index in [1.807, 2.05) is 19.1 Å². The Hall–Kier alpha value is -3.10. The van der Waals surface area contributed by atoms with Crippen molar-refractivity contribution in [3.8, 4) is 0 Å². The molecule has 1 saturated carbocycles. The second-order valence-corrected chi connectivity index (χ2v) is 9.73. The largest absolute Gasteiger partial charge is 0.481 e. The number of rotatable bonds is 10. The lowest BCUT2D eigenvalue weighted by molar-refractivity contribution is -0.137. The van der Waals surface area contributed by atoms with E-state index < -0.39 is 11.9 Å². The van der Waals surface area contributed by atoms with Crippen LogP contribution in [0.4, 0.5) is 17.3 Å². The molecule has 9 nitrogen and oxygen atoms in total. The highest BCUT2D eigenvalue weighted by Gasteiger charge is 2.27. The van der Waals surface area contributed by atoms with Crippen LogP contribution in [-0.4, -0.2) is 44.8 Å². The topological polar surface area (TPSA) is 137 Å². The second kappa shape index (κ2) is 10.7. The molecule has 2 aromatic rings. The Balaban J connectivity index is 2.00. The van der Waals surface area contributed by atoms with Gasteiger partial charge in [0, 0.05) is 12.6 Å². The lowest BCUT2D eigenvalue weighted by Gasteiger charge is -2.40. The average Bonchev–Trinajstić information content (AvgIpc) is 3.21.